The molecule has 0 fully saturated rings. The monoisotopic (exact) mass is 189 g/mol. The molecule has 1 amide bonds. The van der Waals surface area contributed by atoms with Crippen LogP contribution in [0.3, 0.4) is 0 Å². The first kappa shape index (κ1) is 8.81. The smallest absolute Gasteiger partial charge is 0.248 e. The molecule has 0 aromatic heterocycles. The summed E-state index contributed by atoms with van der Waals surface area (Å²) in [5, 5.41) is 12.1. The number of aliphatic hydroxyl groups excluding tert-OH is 1. The Morgan fingerprint density at radius 1 is 1.29 bits per heavy atom. The van der Waals surface area contributed by atoms with E-state index in [0.29, 0.717) is 6.42 Å². The second-order valence-electron chi connectivity index (χ2n) is 3.32. The number of carbonyl (C=O) groups excluding carboxylic acids is 1. The summed E-state index contributed by atoms with van der Waals surface area (Å²) in [6.07, 6.45) is 1.86. The third kappa shape index (κ3) is 1.76. The summed E-state index contributed by atoms with van der Waals surface area (Å²) in [5.74, 6) is -0.0951. The predicted octanol–water partition coefficient (Wildman–Crippen LogP) is 1.17. The number of hydrogen-bond donors (Lipinski definition) is 2. The van der Waals surface area contributed by atoms with Crippen LogP contribution >= 0.6 is 0 Å². The fraction of sp³-hybridized carbons (Fsp3) is 0.182. The Morgan fingerprint density at radius 2 is 2.00 bits per heavy atom. The number of carbonyl (C=O) groups is 1. The molecule has 3 heteroatoms. The summed E-state index contributed by atoms with van der Waals surface area (Å²) in [4.78, 5) is 10.9. The van der Waals surface area contributed by atoms with Gasteiger partial charge in [0.2, 0.25) is 5.91 Å². The number of amides is 1. The summed E-state index contributed by atoms with van der Waals surface area (Å²) in [5.41, 5.74) is 1.10. The lowest BCUT2D eigenvalue weighted by Gasteiger charge is -2.10. The van der Waals surface area contributed by atoms with Crippen molar-refractivity contribution in [3.63, 3.8) is 0 Å². The number of aliphatic hydroxyl groups is 1. The fourth-order valence-electron chi connectivity index (χ4n) is 1.53. The number of nitrogens with one attached hydrogen (secondary N) is 1. The third-order valence-electron chi connectivity index (χ3n) is 2.24. The van der Waals surface area contributed by atoms with Gasteiger partial charge in [-0.1, -0.05) is 30.3 Å². The standard InChI is InChI=1S/C11H11NO2/c13-10-7-11(14)12-9(10)6-8-4-2-1-3-5-8/h1-5,7,9,13H,6H2,(H,12,14)/t9-/m0/s1. The van der Waals surface area contributed by atoms with E-state index in [1.54, 1.807) is 0 Å². The van der Waals surface area contributed by atoms with Crippen molar-refractivity contribution < 1.29 is 9.90 Å². The molecule has 14 heavy (non-hydrogen) atoms. The van der Waals surface area contributed by atoms with E-state index in [1.165, 1.54) is 6.08 Å². The van der Waals surface area contributed by atoms with Gasteiger partial charge in [-0.3, -0.25) is 4.79 Å². The van der Waals surface area contributed by atoms with Crippen LogP contribution in [0.15, 0.2) is 42.2 Å². The predicted molar refractivity (Wildman–Crippen MR) is 52.8 cm³/mol. The van der Waals surface area contributed by atoms with E-state index < -0.39 is 0 Å². The maximum atomic E-state index is 10.9. The molecule has 1 heterocycles. The molecule has 0 saturated heterocycles. The van der Waals surface area contributed by atoms with Gasteiger partial charge in [0.25, 0.3) is 0 Å². The lowest BCUT2D eigenvalue weighted by Crippen LogP contribution is -2.30. The van der Waals surface area contributed by atoms with Crippen LogP contribution in [0.1, 0.15) is 5.56 Å². The van der Waals surface area contributed by atoms with Crippen molar-refractivity contribution in [2.75, 3.05) is 0 Å². The van der Waals surface area contributed by atoms with Crippen molar-refractivity contribution in [1.82, 2.24) is 5.32 Å². The van der Waals surface area contributed by atoms with Crippen LogP contribution < -0.4 is 5.32 Å². The first-order valence-corrected chi connectivity index (χ1v) is 4.50. The molecular weight excluding hydrogens is 178 g/mol. The summed E-state index contributed by atoms with van der Waals surface area (Å²) in [7, 11) is 0. The Bertz CT molecular complexity index is 370. The lowest BCUT2D eigenvalue weighted by atomic mass is 10.1. The van der Waals surface area contributed by atoms with Gasteiger partial charge in [0.05, 0.1) is 6.04 Å². The molecule has 3 nitrogen and oxygen atoms in total. The average Bonchev–Trinajstić information content (AvgIpc) is 2.47. The van der Waals surface area contributed by atoms with Crippen molar-refractivity contribution in [2.24, 2.45) is 0 Å². The highest BCUT2D eigenvalue weighted by atomic mass is 16.3. The van der Waals surface area contributed by atoms with Gasteiger partial charge in [0.1, 0.15) is 5.76 Å². The molecule has 1 aromatic carbocycles. The molecule has 2 N–H and O–H groups in total. The van der Waals surface area contributed by atoms with Crippen molar-refractivity contribution >= 4 is 5.91 Å². The van der Waals surface area contributed by atoms with E-state index in [0.717, 1.165) is 5.56 Å². The highest BCUT2D eigenvalue weighted by Gasteiger charge is 2.22. The first-order valence-electron chi connectivity index (χ1n) is 4.50. The van der Waals surface area contributed by atoms with E-state index in [-0.39, 0.29) is 17.7 Å². The molecule has 1 atom stereocenters. The summed E-state index contributed by atoms with van der Waals surface area (Å²) >= 11 is 0. The van der Waals surface area contributed by atoms with Gasteiger partial charge < -0.3 is 10.4 Å². The molecule has 0 saturated carbocycles. The van der Waals surface area contributed by atoms with Gasteiger partial charge in [-0.15, -0.1) is 0 Å². The van der Waals surface area contributed by atoms with Gasteiger partial charge in [-0.05, 0) is 12.0 Å². The lowest BCUT2D eigenvalue weighted by molar-refractivity contribution is -0.116. The van der Waals surface area contributed by atoms with Gasteiger partial charge in [0, 0.05) is 6.08 Å². The topological polar surface area (TPSA) is 49.3 Å². The van der Waals surface area contributed by atoms with Gasteiger partial charge in [0.15, 0.2) is 0 Å². The molecule has 0 spiro atoms. The van der Waals surface area contributed by atoms with Crippen LogP contribution in [0.4, 0.5) is 0 Å². The molecule has 1 aliphatic rings. The van der Waals surface area contributed by atoms with E-state index in [2.05, 4.69) is 5.32 Å². The molecule has 0 aliphatic carbocycles. The highest BCUT2D eigenvalue weighted by Crippen LogP contribution is 2.12. The van der Waals surface area contributed by atoms with Gasteiger partial charge in [-0.25, -0.2) is 0 Å². The van der Waals surface area contributed by atoms with Crippen molar-refractivity contribution in [2.45, 2.75) is 12.5 Å². The Labute approximate surface area is 82.1 Å². The SMILES string of the molecule is O=C1C=C(O)[C@H](Cc2ccccc2)N1. The molecule has 2 rings (SSSR count). The summed E-state index contributed by atoms with van der Waals surface area (Å²) < 4.78 is 0. The highest BCUT2D eigenvalue weighted by molar-refractivity contribution is 5.91. The van der Waals surface area contributed by atoms with Crippen LogP contribution in [0.25, 0.3) is 0 Å². The first-order chi connectivity index (χ1) is 6.75. The van der Waals surface area contributed by atoms with Crippen LogP contribution in [-0.2, 0) is 11.2 Å². The second-order valence-corrected chi connectivity index (χ2v) is 3.32. The summed E-state index contributed by atoms with van der Waals surface area (Å²) in [6, 6.07) is 9.49. The molecule has 0 radical (unpaired) electrons. The van der Waals surface area contributed by atoms with Gasteiger partial charge >= 0.3 is 0 Å². The molecule has 72 valence electrons. The quantitative estimate of drug-likeness (QED) is 0.733. The minimum Gasteiger partial charge on any atom is -0.510 e. The minimum atomic E-state index is -0.259. The second kappa shape index (κ2) is 3.54. The maximum absolute atomic E-state index is 10.9. The average molecular weight is 189 g/mol. The fourth-order valence-corrected chi connectivity index (χ4v) is 1.53. The molecule has 0 bridgehead atoms. The Hall–Kier alpha value is -1.77. The van der Waals surface area contributed by atoms with E-state index >= 15 is 0 Å². The molecule has 1 aliphatic heterocycles. The number of benzene rings is 1. The molecular formula is C11H11NO2. The Morgan fingerprint density at radius 3 is 2.57 bits per heavy atom. The summed E-state index contributed by atoms with van der Waals surface area (Å²) in [6.45, 7) is 0. The molecule has 1 aromatic rings. The molecule has 0 unspecified atom stereocenters. The zero-order valence-electron chi connectivity index (χ0n) is 7.60. The maximum Gasteiger partial charge on any atom is 0.248 e. The zero-order chi connectivity index (χ0) is 9.97. The number of rotatable bonds is 2. The van der Waals surface area contributed by atoms with Crippen molar-refractivity contribution in [3.8, 4) is 0 Å². The Balaban J connectivity index is 2.07. The Kier molecular flexibility index (Phi) is 2.23. The number of hydrogen-bond acceptors (Lipinski definition) is 2. The van der Waals surface area contributed by atoms with Gasteiger partial charge in [-0.2, -0.15) is 0 Å². The van der Waals surface area contributed by atoms with Crippen molar-refractivity contribution in [3.05, 3.63) is 47.7 Å². The van der Waals surface area contributed by atoms with E-state index in [1.807, 2.05) is 30.3 Å². The normalized spacial score (nSPS) is 20.4. The third-order valence-corrected chi connectivity index (χ3v) is 2.24. The van der Waals surface area contributed by atoms with E-state index in [9.17, 15) is 9.90 Å². The largest absolute Gasteiger partial charge is 0.510 e. The zero-order valence-corrected chi connectivity index (χ0v) is 7.60. The van der Waals surface area contributed by atoms with E-state index in [4.69, 9.17) is 0 Å². The van der Waals surface area contributed by atoms with Crippen LogP contribution in [0, 0.1) is 0 Å². The minimum absolute atomic E-state index is 0.124. The van der Waals surface area contributed by atoms with Crippen LogP contribution in [0.2, 0.25) is 0 Å². The van der Waals surface area contributed by atoms with Crippen LogP contribution in [0.5, 0.6) is 0 Å². The van der Waals surface area contributed by atoms with Crippen LogP contribution in [-0.4, -0.2) is 17.1 Å². The van der Waals surface area contributed by atoms with Crippen molar-refractivity contribution in [1.29, 1.82) is 0 Å².